The van der Waals surface area contributed by atoms with E-state index >= 15 is 0 Å². The van der Waals surface area contributed by atoms with Gasteiger partial charge in [0.1, 0.15) is 17.6 Å². The minimum Gasteiger partial charge on any atom is -0.497 e. The fourth-order valence-corrected chi connectivity index (χ4v) is 5.34. The molecule has 168 valence electrons. The van der Waals surface area contributed by atoms with Gasteiger partial charge in [0.15, 0.2) is 0 Å². The van der Waals surface area contributed by atoms with Gasteiger partial charge < -0.3 is 10.1 Å². The van der Waals surface area contributed by atoms with Crippen LogP contribution in [0.5, 0.6) is 5.75 Å². The van der Waals surface area contributed by atoms with Gasteiger partial charge in [-0.1, -0.05) is 31.5 Å². The standard InChI is InChI=1S/C22H26ClFN2O4S/c1-22(2)10-11-25-21(27)20(13-22)26(14-15-4-7-17(30-3)12-19(15)24)31(28,29)18-8-5-16(23)6-9-18/h4-9,12,20H,10-11,13-14H2,1-3H3,(H,25,27)/t20-/m1/s1. The molecule has 0 aromatic heterocycles. The summed E-state index contributed by atoms with van der Waals surface area (Å²) in [7, 11) is -2.71. The third-order valence-corrected chi connectivity index (χ3v) is 7.62. The molecule has 0 unspecified atom stereocenters. The number of carbonyl (C=O) groups excluding carboxylic acids is 1. The van der Waals surface area contributed by atoms with Crippen molar-refractivity contribution in [3.8, 4) is 5.75 Å². The number of benzene rings is 2. The van der Waals surface area contributed by atoms with Crippen LogP contribution in [0.2, 0.25) is 5.02 Å². The number of ether oxygens (including phenoxy) is 1. The number of sulfonamides is 1. The smallest absolute Gasteiger partial charge is 0.244 e. The van der Waals surface area contributed by atoms with Crippen molar-refractivity contribution in [2.24, 2.45) is 5.41 Å². The molecule has 0 saturated carbocycles. The van der Waals surface area contributed by atoms with Gasteiger partial charge >= 0.3 is 0 Å². The molecule has 1 heterocycles. The van der Waals surface area contributed by atoms with Crippen molar-refractivity contribution in [3.05, 3.63) is 58.9 Å². The van der Waals surface area contributed by atoms with Gasteiger partial charge in [0.2, 0.25) is 15.9 Å². The lowest BCUT2D eigenvalue weighted by molar-refractivity contribution is -0.125. The fraction of sp³-hybridized carbons (Fsp3) is 0.409. The van der Waals surface area contributed by atoms with Gasteiger partial charge in [-0.3, -0.25) is 4.79 Å². The van der Waals surface area contributed by atoms with Crippen LogP contribution < -0.4 is 10.1 Å². The molecule has 2 aromatic rings. The number of hydrogen-bond donors (Lipinski definition) is 1. The average molecular weight is 469 g/mol. The molecule has 6 nitrogen and oxygen atoms in total. The summed E-state index contributed by atoms with van der Waals surface area (Å²) in [5, 5.41) is 3.19. The van der Waals surface area contributed by atoms with Gasteiger partial charge in [-0.2, -0.15) is 4.31 Å². The third kappa shape index (κ3) is 5.37. The number of halogens is 2. The number of rotatable bonds is 6. The molecule has 1 aliphatic rings. The predicted octanol–water partition coefficient (Wildman–Crippen LogP) is 3.98. The molecule has 2 aromatic carbocycles. The summed E-state index contributed by atoms with van der Waals surface area (Å²) >= 11 is 5.92. The van der Waals surface area contributed by atoms with E-state index in [-0.39, 0.29) is 22.4 Å². The summed E-state index contributed by atoms with van der Waals surface area (Å²) in [6.45, 7) is 4.13. The molecule has 0 bridgehead atoms. The Kier molecular flexibility index (Phi) is 6.93. The second kappa shape index (κ2) is 9.14. The zero-order valence-electron chi connectivity index (χ0n) is 17.7. The SMILES string of the molecule is COc1ccc(CN([C@@H]2CC(C)(C)CCNC2=O)S(=O)(=O)c2ccc(Cl)cc2)c(F)c1. The fourth-order valence-electron chi connectivity index (χ4n) is 3.65. The van der Waals surface area contributed by atoms with E-state index in [2.05, 4.69) is 5.32 Å². The van der Waals surface area contributed by atoms with Gasteiger partial charge in [0, 0.05) is 29.7 Å². The van der Waals surface area contributed by atoms with Crippen LogP contribution in [0.4, 0.5) is 4.39 Å². The Morgan fingerprint density at radius 2 is 1.90 bits per heavy atom. The summed E-state index contributed by atoms with van der Waals surface area (Å²) in [4.78, 5) is 12.9. The molecular weight excluding hydrogens is 443 g/mol. The highest BCUT2D eigenvalue weighted by molar-refractivity contribution is 7.89. The Balaban J connectivity index is 2.09. The number of carbonyl (C=O) groups is 1. The number of nitrogens with zero attached hydrogens (tertiary/aromatic N) is 1. The van der Waals surface area contributed by atoms with Crippen LogP contribution in [-0.4, -0.2) is 38.3 Å². The summed E-state index contributed by atoms with van der Waals surface area (Å²) in [5.74, 6) is -0.678. The van der Waals surface area contributed by atoms with Crippen LogP contribution in [0.25, 0.3) is 0 Å². The maximum absolute atomic E-state index is 14.7. The van der Waals surface area contributed by atoms with Crippen molar-refractivity contribution >= 4 is 27.5 Å². The zero-order valence-corrected chi connectivity index (χ0v) is 19.3. The predicted molar refractivity (Wildman–Crippen MR) is 117 cm³/mol. The summed E-state index contributed by atoms with van der Waals surface area (Å²) in [6.07, 6.45) is 1.02. The van der Waals surface area contributed by atoms with Gasteiger partial charge in [-0.15, -0.1) is 0 Å². The van der Waals surface area contributed by atoms with Gasteiger partial charge in [-0.25, -0.2) is 12.8 Å². The van der Waals surface area contributed by atoms with Crippen LogP contribution >= 0.6 is 11.6 Å². The molecule has 1 saturated heterocycles. The van der Waals surface area contributed by atoms with Crippen LogP contribution in [-0.2, 0) is 21.4 Å². The molecule has 1 amide bonds. The van der Waals surface area contributed by atoms with Crippen molar-refractivity contribution in [2.75, 3.05) is 13.7 Å². The van der Waals surface area contributed by atoms with E-state index in [0.29, 0.717) is 30.2 Å². The minimum absolute atomic E-state index is 0.0133. The van der Waals surface area contributed by atoms with E-state index in [0.717, 1.165) is 4.31 Å². The Bertz CT molecular complexity index is 1060. The molecule has 1 fully saturated rings. The molecule has 1 aliphatic heterocycles. The first-order chi connectivity index (χ1) is 14.5. The van der Waals surface area contributed by atoms with Gasteiger partial charge in [0.25, 0.3) is 0 Å². The van der Waals surface area contributed by atoms with E-state index in [9.17, 15) is 17.6 Å². The van der Waals surface area contributed by atoms with E-state index in [4.69, 9.17) is 16.3 Å². The number of nitrogens with one attached hydrogen (secondary N) is 1. The van der Waals surface area contributed by atoms with Gasteiger partial charge in [-0.05, 0) is 48.6 Å². The molecule has 1 atom stereocenters. The lowest BCUT2D eigenvalue weighted by Crippen LogP contribution is -2.49. The van der Waals surface area contributed by atoms with E-state index in [1.54, 1.807) is 6.07 Å². The number of amides is 1. The highest BCUT2D eigenvalue weighted by atomic mass is 35.5. The summed E-state index contributed by atoms with van der Waals surface area (Å²) in [6, 6.07) is 8.94. The highest BCUT2D eigenvalue weighted by Gasteiger charge is 2.41. The van der Waals surface area contributed by atoms with Crippen LogP contribution in [0, 0.1) is 11.2 Å². The van der Waals surface area contributed by atoms with Crippen molar-refractivity contribution in [1.29, 1.82) is 0 Å². The molecular formula is C22H26ClFN2O4S. The quantitative estimate of drug-likeness (QED) is 0.695. The molecule has 0 radical (unpaired) electrons. The Labute approximate surface area is 187 Å². The lowest BCUT2D eigenvalue weighted by atomic mass is 9.83. The maximum Gasteiger partial charge on any atom is 0.244 e. The summed E-state index contributed by atoms with van der Waals surface area (Å²) in [5.41, 5.74) is -0.135. The Morgan fingerprint density at radius 3 is 2.52 bits per heavy atom. The molecule has 3 rings (SSSR count). The van der Waals surface area contributed by atoms with Crippen LogP contribution in [0.3, 0.4) is 0 Å². The first kappa shape index (κ1) is 23.5. The minimum atomic E-state index is -4.13. The maximum atomic E-state index is 14.7. The van der Waals surface area contributed by atoms with Crippen molar-refractivity contribution in [1.82, 2.24) is 9.62 Å². The Hall–Kier alpha value is -2.16. The van der Waals surface area contributed by atoms with E-state index in [1.165, 1.54) is 43.5 Å². The molecule has 31 heavy (non-hydrogen) atoms. The normalized spacial score (nSPS) is 19.0. The van der Waals surface area contributed by atoms with Crippen molar-refractivity contribution in [2.45, 2.75) is 44.2 Å². The number of hydrogen-bond acceptors (Lipinski definition) is 4. The molecule has 9 heteroatoms. The van der Waals surface area contributed by atoms with Gasteiger partial charge in [0.05, 0.1) is 12.0 Å². The van der Waals surface area contributed by atoms with E-state index in [1.807, 2.05) is 13.8 Å². The first-order valence-electron chi connectivity index (χ1n) is 9.91. The molecule has 0 aliphatic carbocycles. The number of methoxy groups -OCH3 is 1. The van der Waals surface area contributed by atoms with Crippen LogP contribution in [0.1, 0.15) is 32.3 Å². The monoisotopic (exact) mass is 468 g/mol. The lowest BCUT2D eigenvalue weighted by Gasteiger charge is -2.33. The van der Waals surface area contributed by atoms with E-state index < -0.39 is 27.8 Å². The highest BCUT2D eigenvalue weighted by Crippen LogP contribution is 2.34. The first-order valence-corrected chi connectivity index (χ1v) is 11.7. The Morgan fingerprint density at radius 1 is 1.23 bits per heavy atom. The van der Waals surface area contributed by atoms with Crippen molar-refractivity contribution in [3.63, 3.8) is 0 Å². The molecule has 0 spiro atoms. The summed E-state index contributed by atoms with van der Waals surface area (Å²) < 4.78 is 48.0. The van der Waals surface area contributed by atoms with Crippen molar-refractivity contribution < 1.29 is 22.3 Å². The second-order valence-electron chi connectivity index (χ2n) is 8.39. The second-order valence-corrected chi connectivity index (χ2v) is 10.7. The average Bonchev–Trinajstić information content (AvgIpc) is 2.84. The molecule has 1 N–H and O–H groups in total. The topological polar surface area (TPSA) is 75.7 Å². The van der Waals surface area contributed by atoms with Crippen LogP contribution in [0.15, 0.2) is 47.4 Å². The third-order valence-electron chi connectivity index (χ3n) is 5.50. The largest absolute Gasteiger partial charge is 0.497 e. The zero-order chi connectivity index (χ0) is 22.8.